The fourth-order valence-corrected chi connectivity index (χ4v) is 1.99. The molecule has 1 aromatic carbocycles. The van der Waals surface area contributed by atoms with Gasteiger partial charge in [-0.2, -0.15) is 4.98 Å². The van der Waals surface area contributed by atoms with Crippen molar-refractivity contribution in [1.82, 2.24) is 10.1 Å². The lowest BCUT2D eigenvalue weighted by molar-refractivity contribution is 0.372. The first-order valence-electron chi connectivity index (χ1n) is 5.59. The Bertz CT molecular complexity index is 536. The van der Waals surface area contributed by atoms with Gasteiger partial charge in [0.05, 0.1) is 6.04 Å². The van der Waals surface area contributed by atoms with Gasteiger partial charge in [0.25, 0.3) is 0 Å². The van der Waals surface area contributed by atoms with Crippen LogP contribution in [0.1, 0.15) is 42.1 Å². The smallest absolute Gasteiger partial charge is 0.229 e. The average molecular weight is 250 g/mol. The zero-order chi connectivity index (χ0) is 11.8. The van der Waals surface area contributed by atoms with Gasteiger partial charge >= 0.3 is 0 Å². The molecule has 5 heteroatoms. The van der Waals surface area contributed by atoms with Crippen LogP contribution in [-0.4, -0.2) is 10.1 Å². The molecule has 0 radical (unpaired) electrons. The SMILES string of the molecule is NC(c1noc(C2CC2)n1)c1ccccc1Cl. The second kappa shape index (κ2) is 4.13. The molecule has 1 saturated carbocycles. The van der Waals surface area contributed by atoms with Crippen molar-refractivity contribution in [2.24, 2.45) is 5.73 Å². The molecule has 2 aromatic rings. The van der Waals surface area contributed by atoms with Crippen LogP contribution in [0.5, 0.6) is 0 Å². The molecule has 0 saturated heterocycles. The molecule has 88 valence electrons. The minimum atomic E-state index is -0.431. The fraction of sp³-hybridized carbons (Fsp3) is 0.333. The molecule has 2 N–H and O–H groups in total. The van der Waals surface area contributed by atoms with Crippen LogP contribution in [0.4, 0.5) is 0 Å². The van der Waals surface area contributed by atoms with Crippen LogP contribution >= 0.6 is 11.6 Å². The zero-order valence-corrected chi connectivity index (χ0v) is 9.89. The summed E-state index contributed by atoms with van der Waals surface area (Å²) in [6.45, 7) is 0. The summed E-state index contributed by atoms with van der Waals surface area (Å²) >= 11 is 6.08. The lowest BCUT2D eigenvalue weighted by atomic mass is 10.1. The highest BCUT2D eigenvalue weighted by Crippen LogP contribution is 2.39. The predicted molar refractivity (Wildman–Crippen MR) is 63.8 cm³/mol. The van der Waals surface area contributed by atoms with Crippen molar-refractivity contribution < 1.29 is 4.52 Å². The van der Waals surface area contributed by atoms with Crippen molar-refractivity contribution in [2.75, 3.05) is 0 Å². The molecule has 1 aliphatic carbocycles. The van der Waals surface area contributed by atoms with Gasteiger partial charge in [-0.3, -0.25) is 0 Å². The lowest BCUT2D eigenvalue weighted by Gasteiger charge is -2.08. The second-order valence-corrected chi connectivity index (χ2v) is 4.67. The van der Waals surface area contributed by atoms with Gasteiger partial charge in [0, 0.05) is 10.9 Å². The third kappa shape index (κ3) is 2.06. The van der Waals surface area contributed by atoms with Gasteiger partial charge in [0.2, 0.25) is 5.89 Å². The van der Waals surface area contributed by atoms with E-state index in [1.54, 1.807) is 6.07 Å². The van der Waals surface area contributed by atoms with E-state index in [1.807, 2.05) is 18.2 Å². The molecule has 1 aromatic heterocycles. The number of aromatic nitrogens is 2. The van der Waals surface area contributed by atoms with E-state index in [9.17, 15) is 0 Å². The molecule has 0 bridgehead atoms. The summed E-state index contributed by atoms with van der Waals surface area (Å²) in [6, 6.07) is 7.01. The van der Waals surface area contributed by atoms with Crippen LogP contribution < -0.4 is 5.73 Å². The second-order valence-electron chi connectivity index (χ2n) is 4.26. The summed E-state index contributed by atoms with van der Waals surface area (Å²) in [5, 5.41) is 4.55. The Morgan fingerprint density at radius 3 is 2.82 bits per heavy atom. The van der Waals surface area contributed by atoms with Gasteiger partial charge < -0.3 is 10.3 Å². The van der Waals surface area contributed by atoms with E-state index in [0.29, 0.717) is 22.7 Å². The van der Waals surface area contributed by atoms with E-state index >= 15 is 0 Å². The largest absolute Gasteiger partial charge is 0.339 e. The maximum Gasteiger partial charge on any atom is 0.229 e. The van der Waals surface area contributed by atoms with Crippen molar-refractivity contribution in [3.63, 3.8) is 0 Å². The van der Waals surface area contributed by atoms with E-state index in [1.165, 1.54) is 0 Å². The summed E-state index contributed by atoms with van der Waals surface area (Å²) in [5.41, 5.74) is 6.90. The third-order valence-corrected chi connectivity index (χ3v) is 3.25. The van der Waals surface area contributed by atoms with Crippen LogP contribution in [0, 0.1) is 0 Å². The molecular formula is C12H12ClN3O. The predicted octanol–water partition coefficient (Wildman–Crippen LogP) is 2.65. The highest BCUT2D eigenvalue weighted by atomic mass is 35.5. The molecule has 0 spiro atoms. The van der Waals surface area contributed by atoms with Gasteiger partial charge in [-0.1, -0.05) is 35.0 Å². The van der Waals surface area contributed by atoms with E-state index < -0.39 is 6.04 Å². The standard InChI is InChI=1S/C12H12ClN3O/c13-9-4-2-1-3-8(9)10(14)11-15-12(17-16-11)7-5-6-7/h1-4,7,10H,5-6,14H2. The molecule has 1 atom stereocenters. The van der Waals surface area contributed by atoms with Crippen LogP contribution in [-0.2, 0) is 0 Å². The fourth-order valence-electron chi connectivity index (χ4n) is 1.74. The molecule has 1 unspecified atom stereocenters. The Balaban J connectivity index is 1.89. The number of nitrogens with zero attached hydrogens (tertiary/aromatic N) is 2. The number of hydrogen-bond acceptors (Lipinski definition) is 4. The van der Waals surface area contributed by atoms with E-state index in [0.717, 1.165) is 18.4 Å². The number of benzene rings is 1. The monoisotopic (exact) mass is 249 g/mol. The molecule has 1 heterocycles. The topological polar surface area (TPSA) is 64.9 Å². The maximum absolute atomic E-state index is 6.08. The summed E-state index contributed by atoms with van der Waals surface area (Å²) in [4.78, 5) is 4.33. The minimum Gasteiger partial charge on any atom is -0.339 e. The van der Waals surface area contributed by atoms with E-state index in [2.05, 4.69) is 10.1 Å². The first kappa shape index (κ1) is 10.7. The Kier molecular flexibility index (Phi) is 2.61. The van der Waals surface area contributed by atoms with E-state index in [-0.39, 0.29) is 0 Å². The Morgan fingerprint density at radius 2 is 2.12 bits per heavy atom. The Hall–Kier alpha value is -1.39. The van der Waals surface area contributed by atoms with Gasteiger partial charge in [-0.05, 0) is 24.5 Å². The summed E-state index contributed by atoms with van der Waals surface area (Å²) < 4.78 is 5.19. The van der Waals surface area contributed by atoms with Crippen molar-refractivity contribution in [1.29, 1.82) is 0 Å². The summed E-state index contributed by atoms with van der Waals surface area (Å²) in [5.74, 6) is 1.64. The number of rotatable bonds is 3. The quantitative estimate of drug-likeness (QED) is 0.908. The van der Waals surface area contributed by atoms with Crippen molar-refractivity contribution >= 4 is 11.6 Å². The molecule has 1 aliphatic rings. The summed E-state index contributed by atoms with van der Waals surface area (Å²) in [6.07, 6.45) is 2.26. The molecular weight excluding hydrogens is 238 g/mol. The van der Waals surface area contributed by atoms with Crippen LogP contribution in [0.15, 0.2) is 28.8 Å². The van der Waals surface area contributed by atoms with E-state index in [4.69, 9.17) is 21.9 Å². The minimum absolute atomic E-state index is 0.431. The van der Waals surface area contributed by atoms with Crippen molar-refractivity contribution in [3.8, 4) is 0 Å². The molecule has 0 amide bonds. The molecule has 1 fully saturated rings. The first-order valence-corrected chi connectivity index (χ1v) is 5.97. The maximum atomic E-state index is 6.08. The van der Waals surface area contributed by atoms with Crippen LogP contribution in [0.25, 0.3) is 0 Å². The Morgan fingerprint density at radius 1 is 1.35 bits per heavy atom. The van der Waals surface area contributed by atoms with Gasteiger partial charge in [0.15, 0.2) is 5.82 Å². The normalized spacial score (nSPS) is 17.1. The number of nitrogens with two attached hydrogens (primary N) is 1. The van der Waals surface area contributed by atoms with Crippen LogP contribution in [0.2, 0.25) is 5.02 Å². The third-order valence-electron chi connectivity index (χ3n) is 2.90. The van der Waals surface area contributed by atoms with Crippen molar-refractivity contribution in [2.45, 2.75) is 24.8 Å². The zero-order valence-electron chi connectivity index (χ0n) is 9.14. The highest BCUT2D eigenvalue weighted by Gasteiger charge is 2.30. The molecule has 4 nitrogen and oxygen atoms in total. The number of halogens is 1. The Labute approximate surface area is 104 Å². The van der Waals surface area contributed by atoms with Gasteiger partial charge in [-0.25, -0.2) is 0 Å². The highest BCUT2D eigenvalue weighted by molar-refractivity contribution is 6.31. The molecule has 17 heavy (non-hydrogen) atoms. The van der Waals surface area contributed by atoms with Crippen LogP contribution in [0.3, 0.4) is 0 Å². The number of hydrogen-bond donors (Lipinski definition) is 1. The van der Waals surface area contributed by atoms with Gasteiger partial charge in [0.1, 0.15) is 0 Å². The summed E-state index contributed by atoms with van der Waals surface area (Å²) in [7, 11) is 0. The first-order chi connectivity index (χ1) is 8.25. The lowest BCUT2D eigenvalue weighted by Crippen LogP contribution is -2.14. The van der Waals surface area contributed by atoms with Crippen molar-refractivity contribution in [3.05, 3.63) is 46.6 Å². The van der Waals surface area contributed by atoms with Gasteiger partial charge in [-0.15, -0.1) is 0 Å². The molecule has 3 rings (SSSR count). The molecule has 0 aliphatic heterocycles. The average Bonchev–Trinajstić information content (AvgIpc) is 3.07.